The van der Waals surface area contributed by atoms with E-state index in [0.717, 1.165) is 16.8 Å². The summed E-state index contributed by atoms with van der Waals surface area (Å²) in [6.07, 6.45) is 6.43. The lowest BCUT2D eigenvalue weighted by molar-refractivity contribution is -0.123. The van der Waals surface area contributed by atoms with Gasteiger partial charge in [0.05, 0.1) is 16.7 Å². The van der Waals surface area contributed by atoms with E-state index in [1.807, 2.05) is 0 Å². The van der Waals surface area contributed by atoms with Gasteiger partial charge in [0.1, 0.15) is 11.6 Å². The molecular weight excluding hydrogens is 363 g/mol. The Morgan fingerprint density at radius 1 is 1.28 bits per heavy atom. The highest BCUT2D eigenvalue weighted by Crippen LogP contribution is 2.29. The van der Waals surface area contributed by atoms with Gasteiger partial charge in [-0.2, -0.15) is 5.01 Å². The number of thioether (sulfide) groups is 1. The molecule has 0 aliphatic carbocycles. The van der Waals surface area contributed by atoms with E-state index < -0.39 is 17.6 Å². The molecule has 3 rings (SSSR count). The van der Waals surface area contributed by atoms with Crippen molar-refractivity contribution in [1.29, 1.82) is 0 Å². The van der Waals surface area contributed by atoms with Crippen molar-refractivity contribution in [2.24, 2.45) is 0 Å². The molecule has 1 aliphatic heterocycles. The summed E-state index contributed by atoms with van der Waals surface area (Å²) < 4.78 is 19.0. The van der Waals surface area contributed by atoms with Gasteiger partial charge in [-0.15, -0.1) is 0 Å². The van der Waals surface area contributed by atoms with Crippen LogP contribution in [0.5, 0.6) is 0 Å². The highest BCUT2D eigenvalue weighted by atomic mass is 32.2. The van der Waals surface area contributed by atoms with Gasteiger partial charge in [0.2, 0.25) is 0 Å². The van der Waals surface area contributed by atoms with Crippen molar-refractivity contribution in [3.05, 3.63) is 76.9 Å². The Kier molecular flexibility index (Phi) is 5.11. The molecule has 0 spiro atoms. The number of allylic oxidation sites excluding steroid dienone is 2. The predicted octanol–water partition coefficient (Wildman–Crippen LogP) is 3.52. The van der Waals surface area contributed by atoms with Crippen LogP contribution in [0.15, 0.2) is 64.1 Å². The number of nitrogens with zero attached hydrogens (tertiary/aromatic N) is 1. The monoisotopic (exact) mass is 374 g/mol. The summed E-state index contributed by atoms with van der Waals surface area (Å²) in [7, 11) is 0. The summed E-state index contributed by atoms with van der Waals surface area (Å²) in [6.45, 7) is 0. The summed E-state index contributed by atoms with van der Waals surface area (Å²) in [4.78, 5) is 24.8. The molecule has 0 saturated carbocycles. The van der Waals surface area contributed by atoms with Crippen LogP contribution in [0.25, 0.3) is 6.08 Å². The third-order valence-electron chi connectivity index (χ3n) is 3.18. The first kappa shape index (κ1) is 17.1. The van der Waals surface area contributed by atoms with Crippen molar-refractivity contribution in [1.82, 2.24) is 10.4 Å². The number of carbonyl (C=O) groups excluding carboxylic acids is 2. The van der Waals surface area contributed by atoms with Crippen LogP contribution >= 0.6 is 24.0 Å². The Morgan fingerprint density at radius 3 is 2.80 bits per heavy atom. The van der Waals surface area contributed by atoms with Gasteiger partial charge in [-0.1, -0.05) is 30.0 Å². The molecule has 1 aromatic carbocycles. The third-order valence-corrected chi connectivity index (χ3v) is 4.50. The van der Waals surface area contributed by atoms with Gasteiger partial charge >= 0.3 is 0 Å². The van der Waals surface area contributed by atoms with Gasteiger partial charge in [-0.25, -0.2) is 4.39 Å². The Morgan fingerprint density at radius 2 is 2.08 bits per heavy atom. The van der Waals surface area contributed by atoms with E-state index in [-0.39, 0.29) is 9.88 Å². The zero-order valence-electron chi connectivity index (χ0n) is 12.6. The molecule has 0 bridgehead atoms. The maximum atomic E-state index is 13.7. The van der Waals surface area contributed by atoms with Gasteiger partial charge in [-0.05, 0) is 48.6 Å². The van der Waals surface area contributed by atoms with Gasteiger partial charge < -0.3 is 4.42 Å². The number of hydrogen-bond acceptors (Lipinski definition) is 5. The van der Waals surface area contributed by atoms with Gasteiger partial charge in [0.15, 0.2) is 4.32 Å². The highest BCUT2D eigenvalue weighted by Gasteiger charge is 2.33. The molecule has 2 aromatic rings. The molecule has 8 heteroatoms. The van der Waals surface area contributed by atoms with Crippen molar-refractivity contribution < 1.29 is 18.4 Å². The number of hydrogen-bond donors (Lipinski definition) is 1. The molecule has 1 fully saturated rings. The molecule has 5 nitrogen and oxygen atoms in total. The number of carbonyl (C=O) groups is 2. The molecule has 1 aromatic heterocycles. The Hall–Kier alpha value is -2.71. The lowest BCUT2D eigenvalue weighted by Gasteiger charge is -2.15. The molecular formula is C17H11FN2O3S2. The maximum Gasteiger partial charge on any atom is 0.285 e. The number of benzene rings is 1. The average Bonchev–Trinajstić information content (AvgIpc) is 3.19. The first-order valence-corrected chi connectivity index (χ1v) is 8.32. The summed E-state index contributed by atoms with van der Waals surface area (Å²) >= 11 is 6.14. The third kappa shape index (κ3) is 3.86. The van der Waals surface area contributed by atoms with Crippen molar-refractivity contribution >= 4 is 46.2 Å². The molecule has 1 saturated heterocycles. The lowest BCUT2D eigenvalue weighted by Crippen LogP contribution is -2.45. The van der Waals surface area contributed by atoms with Crippen LogP contribution < -0.4 is 5.43 Å². The van der Waals surface area contributed by atoms with E-state index in [0.29, 0.717) is 10.7 Å². The zero-order chi connectivity index (χ0) is 17.8. The predicted molar refractivity (Wildman–Crippen MR) is 96.7 cm³/mol. The van der Waals surface area contributed by atoms with E-state index in [9.17, 15) is 14.0 Å². The average molecular weight is 374 g/mol. The number of rotatable bonds is 4. The van der Waals surface area contributed by atoms with E-state index >= 15 is 0 Å². The smallest absolute Gasteiger partial charge is 0.285 e. The first-order valence-electron chi connectivity index (χ1n) is 7.10. The van der Waals surface area contributed by atoms with Crippen molar-refractivity contribution in [2.45, 2.75) is 0 Å². The second-order valence-electron chi connectivity index (χ2n) is 4.83. The van der Waals surface area contributed by atoms with Crippen LogP contribution in [0.3, 0.4) is 0 Å². The van der Waals surface area contributed by atoms with Crippen LogP contribution in [0.4, 0.5) is 4.39 Å². The van der Waals surface area contributed by atoms with Crippen LogP contribution in [-0.2, 0) is 4.79 Å². The molecule has 0 unspecified atom stereocenters. The standard InChI is InChI=1S/C17H11FN2O3S2/c18-13-8-2-1-7-12(13)15(21)19-20-16(22)14(25-17(20)24)9-3-5-11-6-4-10-23-11/h1-10H,(H,19,21)/b5-3+,14-9+. The maximum absolute atomic E-state index is 13.7. The van der Waals surface area contributed by atoms with E-state index in [1.165, 1.54) is 30.5 Å². The number of thiocarbonyl (C=S) groups is 1. The number of furan rings is 1. The lowest BCUT2D eigenvalue weighted by atomic mass is 10.2. The Labute approximate surface area is 152 Å². The van der Waals surface area contributed by atoms with Crippen molar-refractivity contribution in [2.75, 3.05) is 0 Å². The van der Waals surface area contributed by atoms with Crippen molar-refractivity contribution in [3.8, 4) is 0 Å². The molecule has 25 heavy (non-hydrogen) atoms. The molecule has 1 N–H and O–H groups in total. The summed E-state index contributed by atoms with van der Waals surface area (Å²) in [5.74, 6) is -1.27. The molecule has 2 amide bonds. The van der Waals surface area contributed by atoms with E-state index in [2.05, 4.69) is 5.43 Å². The highest BCUT2D eigenvalue weighted by molar-refractivity contribution is 8.26. The SMILES string of the molecule is O=C(NN1C(=O)/C(=C\C=C\c2ccco2)SC1=S)c1ccccc1F. The van der Waals surface area contributed by atoms with Crippen LogP contribution in [0, 0.1) is 5.82 Å². The Bertz CT molecular complexity index is 891. The normalized spacial score (nSPS) is 16.2. The minimum absolute atomic E-state index is 0.160. The molecule has 126 valence electrons. The topological polar surface area (TPSA) is 62.6 Å². The van der Waals surface area contributed by atoms with E-state index in [1.54, 1.807) is 30.4 Å². The van der Waals surface area contributed by atoms with E-state index in [4.69, 9.17) is 16.6 Å². The second-order valence-corrected chi connectivity index (χ2v) is 6.51. The summed E-state index contributed by atoms with van der Waals surface area (Å²) in [5, 5.41) is 0.932. The number of halogens is 1. The van der Waals surface area contributed by atoms with Gasteiger partial charge in [0, 0.05) is 0 Å². The molecule has 1 aliphatic rings. The van der Waals surface area contributed by atoms with Crippen LogP contribution in [0.2, 0.25) is 0 Å². The molecule has 2 heterocycles. The number of hydrazine groups is 1. The second kappa shape index (κ2) is 7.45. The minimum Gasteiger partial charge on any atom is -0.465 e. The fraction of sp³-hybridized carbons (Fsp3) is 0. The fourth-order valence-corrected chi connectivity index (χ4v) is 3.13. The van der Waals surface area contributed by atoms with Gasteiger partial charge in [-0.3, -0.25) is 15.0 Å². The number of nitrogens with one attached hydrogen (secondary N) is 1. The van der Waals surface area contributed by atoms with Crippen LogP contribution in [0.1, 0.15) is 16.1 Å². The minimum atomic E-state index is -0.748. The zero-order valence-corrected chi connectivity index (χ0v) is 14.3. The summed E-state index contributed by atoms with van der Waals surface area (Å²) in [5.41, 5.74) is 2.16. The summed E-state index contributed by atoms with van der Waals surface area (Å²) in [6, 6.07) is 9.01. The number of amides is 2. The molecule has 0 radical (unpaired) electrons. The van der Waals surface area contributed by atoms with Crippen LogP contribution in [-0.4, -0.2) is 21.1 Å². The first-order chi connectivity index (χ1) is 12.1. The van der Waals surface area contributed by atoms with Crippen molar-refractivity contribution in [3.63, 3.8) is 0 Å². The largest absolute Gasteiger partial charge is 0.465 e. The van der Waals surface area contributed by atoms with Gasteiger partial charge in [0.25, 0.3) is 11.8 Å². The fourth-order valence-electron chi connectivity index (χ4n) is 2.00. The Balaban J connectivity index is 1.71. The quantitative estimate of drug-likeness (QED) is 0.655. The molecule has 0 atom stereocenters.